The Morgan fingerprint density at radius 1 is 1.33 bits per heavy atom. The first kappa shape index (κ1) is 15.1. The zero-order valence-corrected chi connectivity index (χ0v) is 14.1. The Kier molecular flexibility index (Phi) is 3.51. The topological polar surface area (TPSA) is 60.7 Å². The normalized spacial score (nSPS) is 11.4. The van der Waals surface area contributed by atoms with E-state index in [1.807, 2.05) is 28.7 Å². The van der Waals surface area contributed by atoms with E-state index in [1.54, 1.807) is 13.0 Å². The van der Waals surface area contributed by atoms with E-state index in [-0.39, 0.29) is 22.8 Å². The van der Waals surface area contributed by atoms with E-state index in [0.29, 0.717) is 15.7 Å². The van der Waals surface area contributed by atoms with Crippen molar-refractivity contribution < 1.29 is 9.53 Å². The predicted molar refractivity (Wildman–Crippen MR) is 95.3 cm³/mol. The van der Waals surface area contributed by atoms with E-state index in [9.17, 15) is 9.59 Å². The number of halogens is 1. The molecule has 0 atom stereocenters. The van der Waals surface area contributed by atoms with Crippen LogP contribution in [0.5, 0.6) is 0 Å². The van der Waals surface area contributed by atoms with Crippen LogP contribution in [-0.2, 0) is 4.74 Å². The fourth-order valence-electron chi connectivity index (χ4n) is 2.78. The molecule has 0 saturated carbocycles. The minimum atomic E-state index is -0.622. The lowest BCUT2D eigenvalue weighted by Crippen LogP contribution is -2.19. The average Bonchev–Trinajstić information content (AvgIpc) is 2.94. The van der Waals surface area contributed by atoms with Gasteiger partial charge in [-0.3, -0.25) is 9.20 Å². The molecule has 0 aliphatic rings. The number of carbonyl (C=O) groups excluding carboxylic acids is 1. The van der Waals surface area contributed by atoms with Crippen LogP contribution in [0.25, 0.3) is 25.9 Å². The van der Waals surface area contributed by atoms with Crippen LogP contribution in [-0.4, -0.2) is 22.0 Å². The molecule has 5 nitrogen and oxygen atoms in total. The van der Waals surface area contributed by atoms with Gasteiger partial charge < -0.3 is 4.74 Å². The van der Waals surface area contributed by atoms with E-state index in [2.05, 4.69) is 4.98 Å². The van der Waals surface area contributed by atoms with E-state index in [4.69, 9.17) is 16.3 Å². The zero-order valence-electron chi connectivity index (χ0n) is 12.6. The molecule has 4 rings (SSSR count). The first-order valence-corrected chi connectivity index (χ1v) is 8.50. The molecule has 4 aromatic rings. The number of ether oxygens (including phenoxy) is 1. The number of thiazole rings is 1. The van der Waals surface area contributed by atoms with E-state index in [1.165, 1.54) is 17.5 Å². The van der Waals surface area contributed by atoms with Crippen LogP contribution >= 0.6 is 22.9 Å². The second-order valence-electron chi connectivity index (χ2n) is 5.16. The molecule has 1 aromatic carbocycles. The molecule has 7 heteroatoms. The van der Waals surface area contributed by atoms with E-state index >= 15 is 0 Å². The van der Waals surface area contributed by atoms with Crippen molar-refractivity contribution in [3.05, 3.63) is 57.5 Å². The highest BCUT2D eigenvalue weighted by molar-refractivity contribution is 7.24. The van der Waals surface area contributed by atoms with Crippen LogP contribution in [0.2, 0.25) is 5.15 Å². The number of nitrogens with zero attached hydrogens (tertiary/aromatic N) is 2. The number of hydrogen-bond donors (Lipinski definition) is 0. The van der Waals surface area contributed by atoms with Crippen molar-refractivity contribution >= 4 is 54.9 Å². The molecular formula is C17H11ClN2O3S. The highest BCUT2D eigenvalue weighted by Crippen LogP contribution is 2.31. The number of fused-ring (bicyclic) bond motifs is 5. The Bertz CT molecular complexity index is 1180. The summed E-state index contributed by atoms with van der Waals surface area (Å²) in [5.41, 5.74) is 1.17. The van der Waals surface area contributed by atoms with Crippen LogP contribution in [0.15, 0.2) is 41.3 Å². The molecule has 0 unspecified atom stereocenters. The Balaban J connectivity index is 2.30. The van der Waals surface area contributed by atoms with Crippen molar-refractivity contribution in [3.8, 4) is 0 Å². The molecule has 0 saturated heterocycles. The average molecular weight is 359 g/mol. The molecule has 0 fully saturated rings. The van der Waals surface area contributed by atoms with Gasteiger partial charge in [-0.2, -0.15) is 0 Å². The molecule has 0 amide bonds. The van der Waals surface area contributed by atoms with Crippen molar-refractivity contribution in [2.75, 3.05) is 6.61 Å². The molecule has 0 aliphatic carbocycles. The number of carbonyl (C=O) groups is 1. The maximum Gasteiger partial charge on any atom is 0.345 e. The summed E-state index contributed by atoms with van der Waals surface area (Å²) in [5.74, 6) is -0.622. The van der Waals surface area contributed by atoms with Crippen LogP contribution in [0, 0.1) is 0 Å². The SMILES string of the molecule is CCOC(=O)c1c(=O)c2cnc(Cl)cc2n2c1sc1ccccc12. The Hall–Kier alpha value is -2.44. The monoisotopic (exact) mass is 358 g/mol. The maximum absolute atomic E-state index is 12.9. The molecule has 0 radical (unpaired) electrons. The quantitative estimate of drug-likeness (QED) is 0.403. The van der Waals surface area contributed by atoms with E-state index in [0.717, 1.165) is 10.2 Å². The molecular weight excluding hydrogens is 348 g/mol. The summed E-state index contributed by atoms with van der Waals surface area (Å²) in [4.78, 5) is 29.8. The molecule has 3 aromatic heterocycles. The van der Waals surface area contributed by atoms with Crippen LogP contribution in [0.1, 0.15) is 17.3 Å². The lowest BCUT2D eigenvalue weighted by atomic mass is 10.2. The first-order valence-electron chi connectivity index (χ1n) is 7.30. The smallest absolute Gasteiger partial charge is 0.345 e. The zero-order chi connectivity index (χ0) is 16.8. The summed E-state index contributed by atoms with van der Waals surface area (Å²) < 4.78 is 7.93. The van der Waals surface area contributed by atoms with Gasteiger partial charge >= 0.3 is 5.97 Å². The van der Waals surface area contributed by atoms with Crippen molar-refractivity contribution in [1.29, 1.82) is 0 Å². The maximum atomic E-state index is 12.9. The Labute approximate surface area is 145 Å². The molecule has 3 heterocycles. The van der Waals surface area contributed by atoms with Gasteiger partial charge in [-0.1, -0.05) is 23.7 Å². The minimum Gasteiger partial charge on any atom is -0.462 e. The predicted octanol–water partition coefficient (Wildman–Crippen LogP) is 3.89. The molecule has 0 aliphatic heterocycles. The van der Waals surface area contributed by atoms with Gasteiger partial charge in [0.1, 0.15) is 15.5 Å². The fraction of sp³-hybridized carbons (Fsp3) is 0.118. The highest BCUT2D eigenvalue weighted by Gasteiger charge is 2.23. The van der Waals surface area contributed by atoms with Gasteiger partial charge in [0, 0.05) is 12.3 Å². The van der Waals surface area contributed by atoms with Crippen molar-refractivity contribution in [2.24, 2.45) is 0 Å². The van der Waals surface area contributed by atoms with Crippen molar-refractivity contribution in [1.82, 2.24) is 9.38 Å². The van der Waals surface area contributed by atoms with E-state index < -0.39 is 5.97 Å². The fourth-order valence-corrected chi connectivity index (χ4v) is 4.12. The van der Waals surface area contributed by atoms with Crippen LogP contribution in [0.3, 0.4) is 0 Å². The number of aromatic nitrogens is 2. The Morgan fingerprint density at radius 2 is 2.12 bits per heavy atom. The molecule has 0 N–H and O–H groups in total. The molecule has 120 valence electrons. The van der Waals surface area contributed by atoms with Crippen molar-refractivity contribution in [2.45, 2.75) is 6.92 Å². The number of para-hydroxylation sites is 1. The summed E-state index contributed by atoms with van der Waals surface area (Å²) >= 11 is 7.40. The van der Waals surface area contributed by atoms with Crippen molar-refractivity contribution in [3.63, 3.8) is 0 Å². The minimum absolute atomic E-state index is 0.0367. The van der Waals surface area contributed by atoms with Gasteiger partial charge in [0.25, 0.3) is 0 Å². The standard InChI is InChI=1S/C17H11ClN2O3S/c1-2-23-17(22)14-15(21)9-8-19-13(18)7-11(9)20-10-5-3-4-6-12(10)24-16(14)20/h3-8H,2H2,1H3. The third kappa shape index (κ3) is 2.11. The summed E-state index contributed by atoms with van der Waals surface area (Å²) in [6.45, 7) is 1.91. The summed E-state index contributed by atoms with van der Waals surface area (Å²) in [7, 11) is 0. The third-order valence-electron chi connectivity index (χ3n) is 3.77. The van der Waals surface area contributed by atoms with Gasteiger partial charge in [0.15, 0.2) is 0 Å². The highest BCUT2D eigenvalue weighted by atomic mass is 35.5. The second-order valence-corrected chi connectivity index (χ2v) is 6.58. The molecule has 24 heavy (non-hydrogen) atoms. The number of esters is 1. The third-order valence-corrected chi connectivity index (χ3v) is 5.12. The number of pyridine rings is 2. The van der Waals surface area contributed by atoms with Gasteiger partial charge in [-0.15, -0.1) is 11.3 Å². The van der Waals surface area contributed by atoms with Gasteiger partial charge in [0.05, 0.1) is 27.7 Å². The summed E-state index contributed by atoms with van der Waals surface area (Å²) in [6, 6.07) is 9.34. The molecule has 0 bridgehead atoms. The van der Waals surface area contributed by atoms with Gasteiger partial charge in [-0.05, 0) is 19.1 Å². The van der Waals surface area contributed by atoms with Gasteiger partial charge in [-0.25, -0.2) is 9.78 Å². The summed E-state index contributed by atoms with van der Waals surface area (Å²) in [5, 5.41) is 0.623. The lowest BCUT2D eigenvalue weighted by Gasteiger charge is -2.08. The van der Waals surface area contributed by atoms with Gasteiger partial charge in [0.2, 0.25) is 5.43 Å². The second kappa shape index (κ2) is 5.58. The Morgan fingerprint density at radius 3 is 2.92 bits per heavy atom. The largest absolute Gasteiger partial charge is 0.462 e. The summed E-state index contributed by atoms with van der Waals surface area (Å²) in [6.07, 6.45) is 1.40. The van der Waals surface area contributed by atoms with Crippen LogP contribution in [0.4, 0.5) is 0 Å². The lowest BCUT2D eigenvalue weighted by molar-refractivity contribution is 0.0527. The number of benzene rings is 1. The number of rotatable bonds is 2. The van der Waals surface area contributed by atoms with Crippen LogP contribution < -0.4 is 5.43 Å². The first-order chi connectivity index (χ1) is 11.6. The number of hydrogen-bond acceptors (Lipinski definition) is 5. The molecule has 0 spiro atoms.